The fourth-order valence-electron chi connectivity index (χ4n) is 4.84. The van der Waals surface area contributed by atoms with Gasteiger partial charge in [-0.3, -0.25) is 0 Å². The monoisotopic (exact) mass is 538 g/mol. The molecule has 11 nitrogen and oxygen atoms in total. The van der Waals surface area contributed by atoms with Crippen LogP contribution in [0.2, 0.25) is 0 Å². The van der Waals surface area contributed by atoms with E-state index >= 15 is 0 Å². The maximum Gasteiger partial charge on any atom is 0.187 e. The van der Waals surface area contributed by atoms with Crippen molar-refractivity contribution in [1.29, 1.82) is 0 Å². The van der Waals surface area contributed by atoms with E-state index in [1.165, 1.54) is 0 Å². The summed E-state index contributed by atoms with van der Waals surface area (Å²) in [5.74, 6) is 0. The molecule has 220 valence electrons. The highest BCUT2D eigenvalue weighted by Gasteiger charge is 2.53. The van der Waals surface area contributed by atoms with Crippen LogP contribution in [0.3, 0.4) is 0 Å². The lowest BCUT2D eigenvalue weighted by molar-refractivity contribution is -0.369. The fraction of sp³-hybridized carbons (Fsp3) is 1.00. The zero-order valence-electron chi connectivity index (χ0n) is 23.7. The average Bonchev–Trinajstić information content (AvgIpc) is 2.88. The number of rotatable bonds is 18. The summed E-state index contributed by atoms with van der Waals surface area (Å²) in [6, 6.07) is 0. The van der Waals surface area contributed by atoms with Crippen LogP contribution in [-0.2, 0) is 47.4 Å². The number of aliphatic hydroxyl groups excluding tert-OH is 1. The molecule has 10 atom stereocenters. The van der Waals surface area contributed by atoms with Crippen LogP contribution in [-0.4, -0.2) is 126 Å². The molecule has 0 spiro atoms. The molecule has 0 amide bonds. The zero-order valence-corrected chi connectivity index (χ0v) is 23.7. The van der Waals surface area contributed by atoms with E-state index in [4.69, 9.17) is 47.4 Å². The first-order valence-corrected chi connectivity index (χ1v) is 13.9. The quantitative estimate of drug-likeness (QED) is 0.276. The second-order valence-electron chi connectivity index (χ2n) is 8.63. The molecule has 0 bridgehead atoms. The van der Waals surface area contributed by atoms with Crippen molar-refractivity contribution in [3.8, 4) is 0 Å². The number of aliphatic hydroxyl groups is 1. The van der Waals surface area contributed by atoms with Crippen LogP contribution in [0.5, 0.6) is 0 Å². The van der Waals surface area contributed by atoms with E-state index in [1.54, 1.807) is 0 Å². The first-order valence-electron chi connectivity index (χ1n) is 13.9. The summed E-state index contributed by atoms with van der Waals surface area (Å²) in [4.78, 5) is 0. The van der Waals surface area contributed by atoms with Crippen LogP contribution in [0.4, 0.5) is 0 Å². The second kappa shape index (κ2) is 18.0. The summed E-state index contributed by atoms with van der Waals surface area (Å²) in [6.07, 6.45) is -6.65. The van der Waals surface area contributed by atoms with Crippen LogP contribution >= 0.6 is 0 Å². The van der Waals surface area contributed by atoms with E-state index < -0.39 is 61.4 Å². The van der Waals surface area contributed by atoms with Gasteiger partial charge in [-0.1, -0.05) is 0 Å². The van der Waals surface area contributed by atoms with Gasteiger partial charge in [-0.25, -0.2) is 0 Å². The first-order chi connectivity index (χ1) is 18.0. The van der Waals surface area contributed by atoms with Crippen molar-refractivity contribution in [3.63, 3.8) is 0 Å². The Kier molecular flexibility index (Phi) is 16.0. The average molecular weight is 539 g/mol. The van der Waals surface area contributed by atoms with Crippen molar-refractivity contribution < 1.29 is 52.5 Å². The molecule has 0 radical (unpaired) electrons. The minimum atomic E-state index is -1.19. The summed E-state index contributed by atoms with van der Waals surface area (Å²) >= 11 is 0. The molecule has 11 heteroatoms. The lowest BCUT2D eigenvalue weighted by atomic mass is 9.96. The molecule has 2 fully saturated rings. The molecule has 2 aliphatic rings. The highest BCUT2D eigenvalue weighted by molar-refractivity contribution is 4.97. The summed E-state index contributed by atoms with van der Waals surface area (Å²) in [5, 5.41) is 10.7. The molecular weight excluding hydrogens is 488 g/mol. The van der Waals surface area contributed by atoms with E-state index in [-0.39, 0.29) is 6.61 Å². The van der Waals surface area contributed by atoms with E-state index in [2.05, 4.69) is 0 Å². The normalized spacial score (nSPS) is 36.6. The minimum absolute atomic E-state index is 0.200. The Morgan fingerprint density at radius 2 is 0.919 bits per heavy atom. The van der Waals surface area contributed by atoms with Gasteiger partial charge in [-0.2, -0.15) is 0 Å². The molecule has 0 aliphatic carbocycles. The number of hydrogen-bond donors (Lipinski definition) is 1. The van der Waals surface area contributed by atoms with Crippen molar-refractivity contribution >= 4 is 0 Å². The van der Waals surface area contributed by atoms with Gasteiger partial charge in [-0.15, -0.1) is 0 Å². The summed E-state index contributed by atoms with van der Waals surface area (Å²) < 4.78 is 60.8. The maximum absolute atomic E-state index is 10.7. The zero-order chi connectivity index (χ0) is 27.2. The minimum Gasteiger partial charge on any atom is -0.379 e. The molecular formula is C26H50O11. The van der Waals surface area contributed by atoms with Gasteiger partial charge in [0.25, 0.3) is 0 Å². The van der Waals surface area contributed by atoms with Crippen molar-refractivity contribution in [1.82, 2.24) is 0 Å². The van der Waals surface area contributed by atoms with Gasteiger partial charge in [0, 0.05) is 46.2 Å². The van der Waals surface area contributed by atoms with Crippen LogP contribution in [0, 0.1) is 0 Å². The van der Waals surface area contributed by atoms with Gasteiger partial charge in [0.1, 0.15) is 48.8 Å². The van der Waals surface area contributed by atoms with Crippen LogP contribution < -0.4 is 0 Å². The van der Waals surface area contributed by atoms with E-state index in [9.17, 15) is 5.11 Å². The third-order valence-corrected chi connectivity index (χ3v) is 6.26. The molecule has 2 rings (SSSR count). The van der Waals surface area contributed by atoms with Crippen molar-refractivity contribution in [2.45, 2.75) is 110 Å². The Labute approximate surface area is 222 Å². The summed E-state index contributed by atoms with van der Waals surface area (Å²) in [7, 11) is 0. The van der Waals surface area contributed by atoms with Crippen LogP contribution in [0.1, 0.15) is 48.5 Å². The smallest absolute Gasteiger partial charge is 0.187 e. The Morgan fingerprint density at radius 1 is 0.486 bits per heavy atom. The molecule has 2 heterocycles. The van der Waals surface area contributed by atoms with E-state index in [1.807, 2.05) is 48.5 Å². The largest absolute Gasteiger partial charge is 0.379 e. The SMILES string of the molecule is CCOCC1OC(O)C(OCC)C(OCC)C1OC1OC(COCC)C(OCC)C(OCC)C1OCC. The topological polar surface area (TPSA) is 113 Å². The molecule has 10 unspecified atom stereocenters. The highest BCUT2D eigenvalue weighted by Crippen LogP contribution is 2.34. The van der Waals surface area contributed by atoms with Crippen LogP contribution in [0.15, 0.2) is 0 Å². The third kappa shape index (κ3) is 9.04. The van der Waals surface area contributed by atoms with Crippen molar-refractivity contribution in [2.24, 2.45) is 0 Å². The van der Waals surface area contributed by atoms with Gasteiger partial charge in [0.15, 0.2) is 12.6 Å². The van der Waals surface area contributed by atoms with E-state index in [0.717, 1.165) is 0 Å². The van der Waals surface area contributed by atoms with Gasteiger partial charge >= 0.3 is 0 Å². The molecule has 37 heavy (non-hydrogen) atoms. The Morgan fingerprint density at radius 3 is 1.43 bits per heavy atom. The molecule has 0 saturated carbocycles. The first kappa shape index (κ1) is 32.8. The predicted molar refractivity (Wildman–Crippen MR) is 134 cm³/mol. The lowest BCUT2D eigenvalue weighted by Crippen LogP contribution is -2.66. The van der Waals surface area contributed by atoms with Gasteiger partial charge in [0.05, 0.1) is 13.2 Å². The number of ether oxygens (including phenoxy) is 10. The lowest BCUT2D eigenvalue weighted by Gasteiger charge is -2.49. The van der Waals surface area contributed by atoms with Gasteiger partial charge < -0.3 is 52.5 Å². The highest BCUT2D eigenvalue weighted by atomic mass is 16.7. The molecule has 0 aromatic rings. The Bertz CT molecular complexity index is 583. The van der Waals surface area contributed by atoms with Crippen LogP contribution in [0.25, 0.3) is 0 Å². The molecule has 2 aliphatic heterocycles. The Balaban J connectivity index is 2.43. The van der Waals surface area contributed by atoms with Gasteiger partial charge in [-0.05, 0) is 48.5 Å². The third-order valence-electron chi connectivity index (χ3n) is 6.26. The molecule has 2 saturated heterocycles. The standard InChI is InChI=1S/C26H50O11/c1-8-28-15-17-19(30-10-3)21(31-11-4)24(34-14-7)26(36-17)37-20-18(16-29-9-2)35-25(27)23(33-13-6)22(20)32-12-5/h17-27H,8-16H2,1-7H3. The second-order valence-corrected chi connectivity index (χ2v) is 8.63. The molecule has 0 aromatic heterocycles. The summed E-state index contributed by atoms with van der Waals surface area (Å²) in [5.41, 5.74) is 0. The molecule has 1 N–H and O–H groups in total. The fourth-order valence-corrected chi connectivity index (χ4v) is 4.84. The van der Waals surface area contributed by atoms with Crippen molar-refractivity contribution in [2.75, 3.05) is 59.5 Å². The maximum atomic E-state index is 10.7. The van der Waals surface area contributed by atoms with Crippen molar-refractivity contribution in [3.05, 3.63) is 0 Å². The summed E-state index contributed by atoms with van der Waals surface area (Å²) in [6.45, 7) is 17.0. The predicted octanol–water partition coefficient (Wildman–Crippen LogP) is 1.91. The van der Waals surface area contributed by atoms with Gasteiger partial charge in [0.2, 0.25) is 0 Å². The number of hydrogen-bond acceptors (Lipinski definition) is 11. The van der Waals surface area contributed by atoms with E-state index in [0.29, 0.717) is 52.9 Å². The molecule has 0 aromatic carbocycles. The Hall–Kier alpha value is -0.440.